The zero-order valence-corrected chi connectivity index (χ0v) is 17.3. The Hall–Kier alpha value is -1.40. The SMILES string of the molecule is CC(=O)N[C@H]1C(C)(C)[C@@H]2C[C@@H]3[C@@H](c4ccc(S(C)(=O)=O)cc4)OCCC31C2. The lowest BCUT2D eigenvalue weighted by molar-refractivity contribution is -0.136. The van der Waals surface area contributed by atoms with Crippen molar-refractivity contribution in [2.75, 3.05) is 12.9 Å². The molecule has 1 unspecified atom stereocenters. The van der Waals surface area contributed by atoms with Gasteiger partial charge in [0, 0.05) is 25.8 Å². The lowest BCUT2D eigenvalue weighted by Gasteiger charge is -2.53. The molecule has 1 heterocycles. The van der Waals surface area contributed by atoms with Crippen molar-refractivity contribution in [3.8, 4) is 0 Å². The molecule has 5 atom stereocenters. The highest BCUT2D eigenvalue weighted by Crippen LogP contribution is 2.70. The summed E-state index contributed by atoms with van der Waals surface area (Å²) in [6, 6.07) is 7.30. The first-order valence-corrected chi connectivity index (χ1v) is 11.6. The molecule has 27 heavy (non-hydrogen) atoms. The summed E-state index contributed by atoms with van der Waals surface area (Å²) in [5, 5.41) is 3.28. The van der Waals surface area contributed by atoms with Crippen molar-refractivity contribution in [1.82, 2.24) is 5.32 Å². The number of carbonyl (C=O) groups is 1. The first-order valence-electron chi connectivity index (χ1n) is 9.74. The minimum absolute atomic E-state index is 0.0364. The predicted octanol–water partition coefficient (Wildman–Crippen LogP) is 3.11. The zero-order chi connectivity index (χ0) is 19.6. The first kappa shape index (κ1) is 18.9. The Morgan fingerprint density at radius 2 is 1.89 bits per heavy atom. The van der Waals surface area contributed by atoms with E-state index in [4.69, 9.17) is 4.74 Å². The Kier molecular flexibility index (Phi) is 4.24. The number of carbonyl (C=O) groups excluding carboxylic acids is 1. The number of amides is 1. The summed E-state index contributed by atoms with van der Waals surface area (Å²) in [4.78, 5) is 12.3. The number of nitrogens with one attached hydrogen (secondary N) is 1. The summed E-state index contributed by atoms with van der Waals surface area (Å²) in [6.45, 7) is 6.85. The number of benzene rings is 1. The molecule has 2 saturated carbocycles. The fourth-order valence-electron chi connectivity index (χ4n) is 6.23. The summed E-state index contributed by atoms with van der Waals surface area (Å²) < 4.78 is 29.7. The van der Waals surface area contributed by atoms with E-state index in [1.165, 1.54) is 6.26 Å². The number of fused-ring (bicyclic) bond motifs is 1. The van der Waals surface area contributed by atoms with Crippen LogP contribution in [0.3, 0.4) is 0 Å². The number of sulfone groups is 1. The van der Waals surface area contributed by atoms with E-state index in [-0.39, 0.29) is 28.9 Å². The molecule has 4 rings (SSSR count). The van der Waals surface area contributed by atoms with E-state index in [1.807, 2.05) is 12.1 Å². The van der Waals surface area contributed by atoms with E-state index >= 15 is 0 Å². The number of rotatable bonds is 3. The van der Waals surface area contributed by atoms with Crippen LogP contribution in [0.25, 0.3) is 0 Å². The van der Waals surface area contributed by atoms with Gasteiger partial charge in [-0.15, -0.1) is 0 Å². The highest BCUT2D eigenvalue weighted by atomic mass is 32.2. The molecule has 2 aliphatic carbocycles. The number of hydrogen-bond acceptors (Lipinski definition) is 4. The molecule has 1 spiro atoms. The molecule has 5 nitrogen and oxygen atoms in total. The lowest BCUT2D eigenvalue weighted by Crippen LogP contribution is -2.58. The van der Waals surface area contributed by atoms with Gasteiger partial charge in [0.1, 0.15) is 0 Å². The van der Waals surface area contributed by atoms with Gasteiger partial charge in [0.25, 0.3) is 0 Å². The average molecular weight is 392 g/mol. The van der Waals surface area contributed by atoms with Crippen LogP contribution < -0.4 is 5.32 Å². The van der Waals surface area contributed by atoms with Gasteiger partial charge in [0.15, 0.2) is 9.84 Å². The Balaban J connectivity index is 1.68. The molecule has 1 aromatic carbocycles. The molecular formula is C21H29NO4S. The van der Waals surface area contributed by atoms with Crippen LogP contribution in [-0.4, -0.2) is 33.2 Å². The van der Waals surface area contributed by atoms with Gasteiger partial charge in [0.05, 0.1) is 11.0 Å². The van der Waals surface area contributed by atoms with Crippen LogP contribution in [0, 0.1) is 22.7 Å². The van der Waals surface area contributed by atoms with Crippen LogP contribution >= 0.6 is 0 Å². The van der Waals surface area contributed by atoms with Crippen molar-refractivity contribution < 1.29 is 17.9 Å². The molecule has 148 valence electrons. The monoisotopic (exact) mass is 391 g/mol. The molecule has 1 aromatic rings. The second-order valence-electron chi connectivity index (χ2n) is 9.31. The first-order chi connectivity index (χ1) is 12.6. The summed E-state index contributed by atoms with van der Waals surface area (Å²) in [5.41, 5.74) is 1.20. The largest absolute Gasteiger partial charge is 0.373 e. The summed E-state index contributed by atoms with van der Waals surface area (Å²) >= 11 is 0. The maximum absolute atomic E-state index is 11.9. The fraction of sp³-hybridized carbons (Fsp3) is 0.667. The predicted molar refractivity (Wildman–Crippen MR) is 103 cm³/mol. The van der Waals surface area contributed by atoms with Crippen LogP contribution in [0.15, 0.2) is 29.2 Å². The third-order valence-electron chi connectivity index (χ3n) is 7.49. The van der Waals surface area contributed by atoms with E-state index < -0.39 is 9.84 Å². The van der Waals surface area contributed by atoms with E-state index in [2.05, 4.69) is 19.2 Å². The lowest BCUT2D eigenvalue weighted by atomic mass is 9.59. The van der Waals surface area contributed by atoms with E-state index in [0.717, 1.165) is 24.8 Å². The van der Waals surface area contributed by atoms with Gasteiger partial charge in [-0.25, -0.2) is 8.42 Å². The molecule has 0 aromatic heterocycles. The molecule has 6 heteroatoms. The van der Waals surface area contributed by atoms with Gasteiger partial charge in [-0.2, -0.15) is 0 Å². The highest BCUT2D eigenvalue weighted by Gasteiger charge is 2.68. The molecule has 1 amide bonds. The normalized spacial score (nSPS) is 37.0. The second kappa shape index (κ2) is 6.05. The molecule has 3 aliphatic rings. The molecule has 0 radical (unpaired) electrons. The molecule has 2 bridgehead atoms. The Labute approximate surface area is 161 Å². The maximum atomic E-state index is 11.9. The molecule has 3 fully saturated rings. The molecule has 1 saturated heterocycles. The summed E-state index contributed by atoms with van der Waals surface area (Å²) in [5.74, 6) is 0.957. The topological polar surface area (TPSA) is 72.5 Å². The van der Waals surface area contributed by atoms with Gasteiger partial charge in [-0.3, -0.25) is 4.79 Å². The Morgan fingerprint density at radius 3 is 2.48 bits per heavy atom. The smallest absolute Gasteiger partial charge is 0.217 e. The van der Waals surface area contributed by atoms with Gasteiger partial charge in [-0.05, 0) is 59.6 Å². The third-order valence-corrected chi connectivity index (χ3v) is 8.62. The van der Waals surface area contributed by atoms with Crippen LogP contribution in [-0.2, 0) is 19.4 Å². The fourth-order valence-corrected chi connectivity index (χ4v) is 6.86. The van der Waals surface area contributed by atoms with Gasteiger partial charge < -0.3 is 10.1 Å². The van der Waals surface area contributed by atoms with Crippen LogP contribution in [0.1, 0.15) is 51.7 Å². The van der Waals surface area contributed by atoms with E-state index in [0.29, 0.717) is 23.3 Å². The zero-order valence-electron chi connectivity index (χ0n) is 16.5. The van der Waals surface area contributed by atoms with Gasteiger partial charge in [0.2, 0.25) is 5.91 Å². The van der Waals surface area contributed by atoms with E-state index in [9.17, 15) is 13.2 Å². The third kappa shape index (κ3) is 2.83. The minimum atomic E-state index is -3.20. The second-order valence-corrected chi connectivity index (χ2v) is 11.3. The average Bonchev–Trinajstić information content (AvgIpc) is 3.07. The van der Waals surface area contributed by atoms with Crippen molar-refractivity contribution in [3.63, 3.8) is 0 Å². The number of ether oxygens (including phenoxy) is 1. The minimum Gasteiger partial charge on any atom is -0.373 e. The van der Waals surface area contributed by atoms with E-state index in [1.54, 1.807) is 19.1 Å². The molecule has 1 aliphatic heterocycles. The Morgan fingerprint density at radius 1 is 1.22 bits per heavy atom. The summed E-state index contributed by atoms with van der Waals surface area (Å²) in [6.07, 6.45) is 4.40. The van der Waals surface area contributed by atoms with Crippen molar-refractivity contribution in [3.05, 3.63) is 29.8 Å². The molecular weight excluding hydrogens is 362 g/mol. The van der Waals surface area contributed by atoms with Gasteiger partial charge >= 0.3 is 0 Å². The Bertz CT molecular complexity index is 861. The van der Waals surface area contributed by atoms with Crippen LogP contribution in [0.4, 0.5) is 0 Å². The van der Waals surface area contributed by atoms with Crippen molar-refractivity contribution in [1.29, 1.82) is 0 Å². The number of hydrogen-bond donors (Lipinski definition) is 1. The maximum Gasteiger partial charge on any atom is 0.217 e. The standard InChI is InChI=1S/C21H29NO4S/c1-13(23)22-19-20(2,3)15-11-17-18(26-10-9-21(17,19)12-15)14-5-7-16(8-6-14)27(4,24)25/h5-8,15,17-19H,9-12H2,1-4H3,(H,22,23)/t15-,17-,18-,19+,21?/m1/s1. The van der Waals surface area contributed by atoms with Crippen LogP contribution in [0.5, 0.6) is 0 Å². The summed E-state index contributed by atoms with van der Waals surface area (Å²) in [7, 11) is -3.20. The van der Waals surface area contributed by atoms with Crippen molar-refractivity contribution >= 4 is 15.7 Å². The van der Waals surface area contributed by atoms with Crippen molar-refractivity contribution in [2.45, 2.75) is 57.1 Å². The van der Waals surface area contributed by atoms with Gasteiger partial charge in [-0.1, -0.05) is 26.0 Å². The van der Waals surface area contributed by atoms with Crippen LogP contribution in [0.2, 0.25) is 0 Å². The van der Waals surface area contributed by atoms with Crippen molar-refractivity contribution in [2.24, 2.45) is 22.7 Å². The quantitative estimate of drug-likeness (QED) is 0.859. The highest BCUT2D eigenvalue weighted by molar-refractivity contribution is 7.90. The molecule has 1 N–H and O–H groups in total.